The predicted molar refractivity (Wildman–Crippen MR) is 98.9 cm³/mol. The molecule has 0 aliphatic heterocycles. The Kier molecular flexibility index (Phi) is 10.2. The molecule has 4 N–H and O–H groups in total. The summed E-state index contributed by atoms with van der Waals surface area (Å²) in [6, 6.07) is 8.08. The van der Waals surface area contributed by atoms with Crippen molar-refractivity contribution in [3.8, 4) is 0 Å². The van der Waals surface area contributed by atoms with Crippen LogP contribution < -0.4 is 10.6 Å². The summed E-state index contributed by atoms with van der Waals surface area (Å²) in [5, 5.41) is 23.7. The van der Waals surface area contributed by atoms with Crippen molar-refractivity contribution in [2.45, 2.75) is 44.4 Å². The Bertz CT molecular complexity index is 620. The average Bonchev–Trinajstić information content (AvgIpc) is 2.64. The van der Waals surface area contributed by atoms with Gasteiger partial charge >= 0.3 is 12.1 Å². The first-order valence-corrected chi connectivity index (χ1v) is 8.68. The lowest BCUT2D eigenvalue weighted by Gasteiger charge is -2.16. The largest absolute Gasteiger partial charge is 0.480 e. The number of rotatable bonds is 12. The van der Waals surface area contributed by atoms with Crippen molar-refractivity contribution in [3.05, 3.63) is 48.6 Å². The number of hydrogen-bond acceptors (Lipinski definition) is 5. The molecule has 8 nitrogen and oxygen atoms in total. The van der Waals surface area contributed by atoms with Gasteiger partial charge in [-0.25, -0.2) is 9.59 Å². The fraction of sp³-hybridized carbons (Fsp3) is 0.421. The topological polar surface area (TPSA) is 125 Å². The van der Waals surface area contributed by atoms with Gasteiger partial charge in [-0.05, 0) is 24.8 Å². The Hall–Kier alpha value is -2.87. The van der Waals surface area contributed by atoms with Crippen LogP contribution in [0.4, 0.5) is 4.79 Å². The number of carbonyl (C=O) groups excluding carboxylic acids is 2. The maximum atomic E-state index is 11.9. The highest BCUT2D eigenvalue weighted by atomic mass is 16.5. The molecular formula is C19H26N2O6. The van der Waals surface area contributed by atoms with Gasteiger partial charge in [0.1, 0.15) is 12.6 Å². The molecule has 2 amide bonds. The number of unbranched alkanes of at least 4 members (excludes halogenated alkanes) is 1. The molecule has 148 valence electrons. The molecule has 1 rings (SSSR count). The van der Waals surface area contributed by atoms with Gasteiger partial charge in [-0.2, -0.15) is 0 Å². The summed E-state index contributed by atoms with van der Waals surface area (Å²) in [5.41, 5.74) is 0.823. The lowest BCUT2D eigenvalue weighted by atomic mass is 10.1. The maximum absolute atomic E-state index is 11.9. The molecule has 1 aromatic rings. The van der Waals surface area contributed by atoms with E-state index in [1.807, 2.05) is 18.2 Å². The molecule has 0 heterocycles. The van der Waals surface area contributed by atoms with E-state index in [4.69, 9.17) is 9.84 Å². The van der Waals surface area contributed by atoms with E-state index in [0.29, 0.717) is 12.8 Å². The van der Waals surface area contributed by atoms with Gasteiger partial charge in [0, 0.05) is 6.54 Å². The zero-order chi connectivity index (χ0) is 20.1. The van der Waals surface area contributed by atoms with Crippen LogP contribution in [-0.4, -0.2) is 46.9 Å². The number of aliphatic hydroxyl groups is 1. The number of aliphatic carboxylic acids is 1. The van der Waals surface area contributed by atoms with Crippen molar-refractivity contribution in [2.24, 2.45) is 0 Å². The number of hydrogen-bond donors (Lipinski definition) is 4. The van der Waals surface area contributed by atoms with Gasteiger partial charge in [-0.1, -0.05) is 36.4 Å². The summed E-state index contributed by atoms with van der Waals surface area (Å²) < 4.78 is 4.99. The van der Waals surface area contributed by atoms with Gasteiger partial charge in [-0.3, -0.25) is 4.79 Å². The Morgan fingerprint density at radius 2 is 1.93 bits per heavy atom. The lowest BCUT2D eigenvalue weighted by Crippen LogP contribution is -2.43. The fourth-order valence-corrected chi connectivity index (χ4v) is 2.24. The van der Waals surface area contributed by atoms with E-state index in [0.717, 1.165) is 5.56 Å². The highest BCUT2D eigenvalue weighted by Gasteiger charge is 2.21. The van der Waals surface area contributed by atoms with E-state index in [-0.39, 0.29) is 26.0 Å². The number of ether oxygens (including phenoxy) is 1. The fourth-order valence-electron chi connectivity index (χ4n) is 2.24. The van der Waals surface area contributed by atoms with Gasteiger partial charge in [0.2, 0.25) is 5.91 Å². The van der Waals surface area contributed by atoms with Crippen molar-refractivity contribution in [2.75, 3.05) is 6.54 Å². The number of benzene rings is 1. The molecule has 0 aliphatic rings. The van der Waals surface area contributed by atoms with E-state index in [2.05, 4.69) is 17.2 Å². The molecule has 0 aliphatic carbocycles. The molecule has 0 unspecified atom stereocenters. The number of carboxylic acids is 1. The van der Waals surface area contributed by atoms with E-state index >= 15 is 0 Å². The van der Waals surface area contributed by atoms with E-state index in [9.17, 15) is 19.5 Å². The van der Waals surface area contributed by atoms with Crippen LogP contribution in [0.25, 0.3) is 0 Å². The summed E-state index contributed by atoms with van der Waals surface area (Å²) >= 11 is 0. The second-order valence-corrected chi connectivity index (χ2v) is 5.98. The quantitative estimate of drug-likeness (QED) is 0.323. The van der Waals surface area contributed by atoms with Gasteiger partial charge < -0.3 is 25.6 Å². The standard InChI is InChI=1S/C19H26N2O6/c1-2-3-5-10-16(18(24)25)21-17(23)11-15(22)12-20-19(26)27-13-14-8-6-4-7-9-14/h2,4,6-9,15-16,22H,1,3,5,10-13H2,(H,20,26)(H,21,23)(H,24,25)/t15-,16+/m1/s1. The number of carbonyl (C=O) groups is 3. The third-order valence-corrected chi connectivity index (χ3v) is 3.65. The van der Waals surface area contributed by atoms with Crippen LogP contribution in [0.3, 0.4) is 0 Å². The van der Waals surface area contributed by atoms with Crippen LogP contribution >= 0.6 is 0 Å². The van der Waals surface area contributed by atoms with Crippen LogP contribution in [0.1, 0.15) is 31.2 Å². The molecule has 0 bridgehead atoms. The number of aliphatic hydroxyl groups excluding tert-OH is 1. The first kappa shape index (κ1) is 22.2. The minimum absolute atomic E-state index is 0.0915. The zero-order valence-electron chi connectivity index (χ0n) is 15.1. The summed E-state index contributed by atoms with van der Waals surface area (Å²) in [6.45, 7) is 3.46. The summed E-state index contributed by atoms with van der Waals surface area (Å²) in [5.74, 6) is -1.74. The molecule has 0 fully saturated rings. The zero-order valence-corrected chi connectivity index (χ0v) is 15.1. The lowest BCUT2D eigenvalue weighted by molar-refractivity contribution is -0.142. The van der Waals surface area contributed by atoms with Gasteiger partial charge in [0.05, 0.1) is 12.5 Å². The molecule has 0 saturated carbocycles. The van der Waals surface area contributed by atoms with Gasteiger partial charge in [0.25, 0.3) is 0 Å². The second-order valence-electron chi connectivity index (χ2n) is 5.98. The Morgan fingerprint density at radius 3 is 2.56 bits per heavy atom. The molecule has 0 saturated heterocycles. The van der Waals surface area contributed by atoms with E-state index < -0.39 is 30.1 Å². The average molecular weight is 378 g/mol. The Labute approximate surface area is 158 Å². The minimum atomic E-state index is -1.16. The van der Waals surface area contributed by atoms with Crippen LogP contribution in [0.2, 0.25) is 0 Å². The normalized spacial score (nSPS) is 12.5. The maximum Gasteiger partial charge on any atom is 0.407 e. The highest BCUT2D eigenvalue weighted by molar-refractivity contribution is 5.83. The van der Waals surface area contributed by atoms with Crippen LogP contribution in [0.5, 0.6) is 0 Å². The number of amides is 2. The van der Waals surface area contributed by atoms with Crippen molar-refractivity contribution in [3.63, 3.8) is 0 Å². The third-order valence-electron chi connectivity index (χ3n) is 3.65. The van der Waals surface area contributed by atoms with Crippen LogP contribution in [0.15, 0.2) is 43.0 Å². The SMILES string of the molecule is C=CCCC[C@H](NC(=O)C[C@@H](O)CNC(=O)OCc1ccccc1)C(=O)O. The van der Waals surface area contributed by atoms with Crippen molar-refractivity contribution >= 4 is 18.0 Å². The molecule has 1 aromatic carbocycles. The highest BCUT2D eigenvalue weighted by Crippen LogP contribution is 2.03. The molecule has 8 heteroatoms. The second kappa shape index (κ2) is 12.5. The molecule has 0 radical (unpaired) electrons. The number of carboxylic acid groups (broad SMARTS) is 1. The van der Waals surface area contributed by atoms with E-state index in [1.165, 1.54) is 0 Å². The van der Waals surface area contributed by atoms with Crippen LogP contribution in [-0.2, 0) is 20.9 Å². The van der Waals surface area contributed by atoms with Gasteiger partial charge in [0.15, 0.2) is 0 Å². The molecule has 0 spiro atoms. The van der Waals surface area contributed by atoms with Gasteiger partial charge in [-0.15, -0.1) is 6.58 Å². The molecule has 0 aromatic heterocycles. The Balaban J connectivity index is 2.28. The Morgan fingerprint density at radius 1 is 1.22 bits per heavy atom. The first-order valence-electron chi connectivity index (χ1n) is 8.68. The number of nitrogens with one attached hydrogen (secondary N) is 2. The summed E-state index contributed by atoms with van der Waals surface area (Å²) in [6.07, 6.45) is 0.975. The van der Waals surface area contributed by atoms with Crippen LogP contribution in [0, 0.1) is 0 Å². The summed E-state index contributed by atoms with van der Waals surface area (Å²) in [7, 11) is 0. The van der Waals surface area contributed by atoms with E-state index in [1.54, 1.807) is 18.2 Å². The molecular weight excluding hydrogens is 352 g/mol. The molecule has 2 atom stereocenters. The third kappa shape index (κ3) is 10.0. The van der Waals surface area contributed by atoms with Crippen molar-refractivity contribution in [1.82, 2.24) is 10.6 Å². The monoisotopic (exact) mass is 378 g/mol. The predicted octanol–water partition coefficient (Wildman–Crippen LogP) is 1.59. The number of allylic oxidation sites excluding steroid dienone is 1. The molecule has 27 heavy (non-hydrogen) atoms. The first-order chi connectivity index (χ1) is 12.9. The smallest absolute Gasteiger partial charge is 0.407 e. The minimum Gasteiger partial charge on any atom is -0.480 e. The van der Waals surface area contributed by atoms with Crippen molar-refractivity contribution < 1.29 is 29.3 Å². The number of alkyl carbamates (subject to hydrolysis) is 1. The summed E-state index contributed by atoms with van der Waals surface area (Å²) in [4.78, 5) is 34.6. The van der Waals surface area contributed by atoms with Crippen molar-refractivity contribution in [1.29, 1.82) is 0 Å².